The lowest BCUT2D eigenvalue weighted by Gasteiger charge is -2.32. The van der Waals surface area contributed by atoms with Gasteiger partial charge in [-0.1, -0.05) is 25.7 Å². The Balaban J connectivity index is 1.81. The van der Waals surface area contributed by atoms with Gasteiger partial charge in [-0.2, -0.15) is 0 Å². The second kappa shape index (κ2) is 5.13. The Kier molecular flexibility index (Phi) is 3.82. The summed E-state index contributed by atoms with van der Waals surface area (Å²) in [6.45, 7) is 1.94. The Labute approximate surface area is 87.4 Å². The maximum atomic E-state index is 5.58. The van der Waals surface area contributed by atoms with Gasteiger partial charge in [0.25, 0.3) is 0 Å². The summed E-state index contributed by atoms with van der Waals surface area (Å²) < 4.78 is 5.58. The molecule has 2 fully saturated rings. The number of hydrogen-bond donors (Lipinski definition) is 1. The molecule has 0 amide bonds. The Morgan fingerprint density at radius 1 is 1.21 bits per heavy atom. The van der Waals surface area contributed by atoms with Crippen molar-refractivity contribution in [2.75, 3.05) is 20.3 Å². The van der Waals surface area contributed by atoms with Crippen molar-refractivity contribution in [2.45, 2.75) is 44.6 Å². The van der Waals surface area contributed by atoms with Crippen molar-refractivity contribution in [1.82, 2.24) is 5.32 Å². The van der Waals surface area contributed by atoms with E-state index in [1.165, 1.54) is 38.5 Å². The molecule has 0 radical (unpaired) electrons. The summed E-state index contributed by atoms with van der Waals surface area (Å²) in [7, 11) is 2.09. The van der Waals surface area contributed by atoms with Crippen LogP contribution in [-0.2, 0) is 4.74 Å². The Bertz CT molecular complexity index is 166. The molecule has 1 N–H and O–H groups in total. The van der Waals surface area contributed by atoms with Crippen LogP contribution in [0.3, 0.4) is 0 Å². The Morgan fingerprint density at radius 2 is 2.00 bits per heavy atom. The van der Waals surface area contributed by atoms with Gasteiger partial charge in [-0.15, -0.1) is 0 Å². The lowest BCUT2D eigenvalue weighted by atomic mass is 9.86. The minimum absolute atomic E-state index is 0.712. The molecular weight excluding hydrogens is 174 g/mol. The third kappa shape index (κ3) is 2.48. The molecule has 2 unspecified atom stereocenters. The molecule has 2 aliphatic rings. The molecule has 0 aromatic rings. The average molecular weight is 197 g/mol. The van der Waals surface area contributed by atoms with Crippen molar-refractivity contribution in [1.29, 1.82) is 0 Å². The molecule has 0 spiro atoms. The van der Waals surface area contributed by atoms with Crippen LogP contribution >= 0.6 is 0 Å². The maximum absolute atomic E-state index is 5.58. The van der Waals surface area contributed by atoms with Gasteiger partial charge in [-0.25, -0.2) is 0 Å². The van der Waals surface area contributed by atoms with Gasteiger partial charge >= 0.3 is 0 Å². The minimum Gasteiger partial charge on any atom is -0.381 e. The summed E-state index contributed by atoms with van der Waals surface area (Å²) in [5.41, 5.74) is 0. The minimum atomic E-state index is 0.712. The van der Waals surface area contributed by atoms with E-state index in [0.717, 1.165) is 25.0 Å². The van der Waals surface area contributed by atoms with Crippen LogP contribution in [-0.4, -0.2) is 26.3 Å². The fourth-order valence-corrected chi connectivity index (χ4v) is 3.08. The molecule has 1 aliphatic heterocycles. The summed E-state index contributed by atoms with van der Waals surface area (Å²) in [4.78, 5) is 0. The second-order valence-corrected chi connectivity index (χ2v) is 4.91. The van der Waals surface area contributed by atoms with Crippen LogP contribution in [0.15, 0.2) is 0 Å². The van der Waals surface area contributed by atoms with E-state index in [4.69, 9.17) is 4.74 Å². The van der Waals surface area contributed by atoms with Crippen LogP contribution in [0.4, 0.5) is 0 Å². The lowest BCUT2D eigenvalue weighted by Crippen LogP contribution is -2.41. The molecule has 2 heteroatoms. The van der Waals surface area contributed by atoms with Crippen LogP contribution in [0.1, 0.15) is 38.5 Å². The molecule has 2 nitrogen and oxygen atoms in total. The first-order chi connectivity index (χ1) is 6.90. The van der Waals surface area contributed by atoms with Gasteiger partial charge in [0.1, 0.15) is 0 Å². The molecule has 0 bridgehead atoms. The molecule has 2 rings (SSSR count). The predicted molar refractivity (Wildman–Crippen MR) is 58.3 cm³/mol. The monoisotopic (exact) mass is 197 g/mol. The number of hydrogen-bond acceptors (Lipinski definition) is 2. The van der Waals surface area contributed by atoms with Crippen molar-refractivity contribution < 1.29 is 4.74 Å². The van der Waals surface area contributed by atoms with Gasteiger partial charge in [-0.05, 0) is 31.7 Å². The van der Waals surface area contributed by atoms with E-state index < -0.39 is 0 Å². The topological polar surface area (TPSA) is 21.3 Å². The molecular formula is C12H23NO. The quantitative estimate of drug-likeness (QED) is 0.749. The predicted octanol–water partition coefficient (Wildman–Crippen LogP) is 2.19. The third-order valence-corrected chi connectivity index (χ3v) is 3.96. The number of nitrogens with one attached hydrogen (secondary N) is 1. The van der Waals surface area contributed by atoms with Crippen LogP contribution in [0.25, 0.3) is 0 Å². The summed E-state index contributed by atoms with van der Waals surface area (Å²) >= 11 is 0. The zero-order valence-electron chi connectivity index (χ0n) is 9.30. The standard InChI is InChI=1S/C12H23NO/c1-13-12-6-7-14-9-11(12)8-10-4-2-3-5-10/h10-13H,2-9H2,1H3. The highest BCUT2D eigenvalue weighted by Crippen LogP contribution is 2.32. The molecule has 0 aromatic heterocycles. The van der Waals surface area contributed by atoms with E-state index in [0.29, 0.717) is 6.04 Å². The fraction of sp³-hybridized carbons (Fsp3) is 1.00. The molecule has 2 atom stereocenters. The fourth-order valence-electron chi connectivity index (χ4n) is 3.08. The van der Waals surface area contributed by atoms with Crippen LogP contribution in [0.5, 0.6) is 0 Å². The molecule has 1 saturated heterocycles. The summed E-state index contributed by atoms with van der Waals surface area (Å²) in [6.07, 6.45) is 8.45. The number of ether oxygens (including phenoxy) is 1. The van der Waals surface area contributed by atoms with Gasteiger partial charge in [-0.3, -0.25) is 0 Å². The number of rotatable bonds is 3. The highest BCUT2D eigenvalue weighted by Gasteiger charge is 2.28. The summed E-state index contributed by atoms with van der Waals surface area (Å²) in [6, 6.07) is 0.712. The van der Waals surface area contributed by atoms with Crippen molar-refractivity contribution in [3.8, 4) is 0 Å². The Morgan fingerprint density at radius 3 is 2.71 bits per heavy atom. The largest absolute Gasteiger partial charge is 0.381 e. The van der Waals surface area contributed by atoms with Crippen molar-refractivity contribution in [3.05, 3.63) is 0 Å². The van der Waals surface area contributed by atoms with Crippen LogP contribution in [0, 0.1) is 11.8 Å². The zero-order chi connectivity index (χ0) is 9.80. The first-order valence-electron chi connectivity index (χ1n) is 6.15. The zero-order valence-corrected chi connectivity index (χ0v) is 9.30. The average Bonchev–Trinajstić information content (AvgIpc) is 2.71. The first-order valence-corrected chi connectivity index (χ1v) is 6.15. The van der Waals surface area contributed by atoms with E-state index in [1.54, 1.807) is 0 Å². The lowest BCUT2D eigenvalue weighted by molar-refractivity contribution is 0.0245. The van der Waals surface area contributed by atoms with E-state index in [1.807, 2.05) is 0 Å². The SMILES string of the molecule is CNC1CCOCC1CC1CCCC1. The van der Waals surface area contributed by atoms with E-state index >= 15 is 0 Å². The van der Waals surface area contributed by atoms with Gasteiger partial charge < -0.3 is 10.1 Å². The van der Waals surface area contributed by atoms with Crippen LogP contribution in [0.2, 0.25) is 0 Å². The van der Waals surface area contributed by atoms with Crippen molar-refractivity contribution >= 4 is 0 Å². The highest BCUT2D eigenvalue weighted by atomic mass is 16.5. The highest BCUT2D eigenvalue weighted by molar-refractivity contribution is 4.82. The van der Waals surface area contributed by atoms with E-state index in [-0.39, 0.29) is 0 Å². The van der Waals surface area contributed by atoms with Crippen molar-refractivity contribution in [3.63, 3.8) is 0 Å². The van der Waals surface area contributed by atoms with Crippen LogP contribution < -0.4 is 5.32 Å². The molecule has 1 aliphatic carbocycles. The van der Waals surface area contributed by atoms with E-state index in [2.05, 4.69) is 12.4 Å². The normalized spacial score (nSPS) is 34.9. The summed E-state index contributed by atoms with van der Waals surface area (Å²) in [5.74, 6) is 1.77. The van der Waals surface area contributed by atoms with E-state index in [9.17, 15) is 0 Å². The summed E-state index contributed by atoms with van der Waals surface area (Å²) in [5, 5.41) is 3.45. The van der Waals surface area contributed by atoms with Gasteiger partial charge in [0.15, 0.2) is 0 Å². The van der Waals surface area contributed by atoms with Crippen molar-refractivity contribution in [2.24, 2.45) is 11.8 Å². The molecule has 14 heavy (non-hydrogen) atoms. The maximum Gasteiger partial charge on any atom is 0.0509 e. The van der Waals surface area contributed by atoms with Gasteiger partial charge in [0, 0.05) is 12.6 Å². The third-order valence-electron chi connectivity index (χ3n) is 3.96. The molecule has 0 aromatic carbocycles. The Hall–Kier alpha value is -0.0800. The smallest absolute Gasteiger partial charge is 0.0509 e. The second-order valence-electron chi connectivity index (χ2n) is 4.91. The van der Waals surface area contributed by atoms with Gasteiger partial charge in [0.2, 0.25) is 0 Å². The molecule has 1 heterocycles. The first kappa shape index (κ1) is 10.4. The van der Waals surface area contributed by atoms with Gasteiger partial charge in [0.05, 0.1) is 6.61 Å². The molecule has 1 saturated carbocycles. The molecule has 82 valence electrons.